The van der Waals surface area contributed by atoms with Crippen LogP contribution in [-0.4, -0.2) is 43.4 Å². The average molecular weight is 452 g/mol. The van der Waals surface area contributed by atoms with Crippen molar-refractivity contribution in [1.29, 1.82) is 0 Å². The number of halogens is 1. The van der Waals surface area contributed by atoms with Crippen LogP contribution in [0.25, 0.3) is 0 Å². The van der Waals surface area contributed by atoms with E-state index in [9.17, 15) is 18.0 Å². The van der Waals surface area contributed by atoms with E-state index in [0.29, 0.717) is 5.02 Å². The molecule has 0 aromatic heterocycles. The molecule has 0 fully saturated rings. The van der Waals surface area contributed by atoms with Crippen LogP contribution < -0.4 is 15.6 Å². The predicted octanol–water partition coefficient (Wildman–Crippen LogP) is 1.89. The number of ether oxygens (including phenoxy) is 1. The SMILES string of the molecule is CCS(=O)(=O)N1Cc2ccccc2C[C@H]1C(=O)NNC(=O)c1cc(Cl)ccc1OC. The predicted molar refractivity (Wildman–Crippen MR) is 113 cm³/mol. The summed E-state index contributed by atoms with van der Waals surface area (Å²) in [6.45, 7) is 1.62. The summed E-state index contributed by atoms with van der Waals surface area (Å²) < 4.78 is 31.5. The summed E-state index contributed by atoms with van der Waals surface area (Å²) in [4.78, 5) is 25.3. The molecule has 1 atom stereocenters. The lowest BCUT2D eigenvalue weighted by molar-refractivity contribution is -0.126. The number of nitrogens with zero attached hydrogens (tertiary/aromatic N) is 1. The maximum atomic E-state index is 12.8. The molecule has 160 valence electrons. The zero-order valence-corrected chi connectivity index (χ0v) is 18.1. The number of carbonyl (C=O) groups excluding carboxylic acids is 2. The first-order valence-corrected chi connectivity index (χ1v) is 11.3. The first-order valence-electron chi connectivity index (χ1n) is 9.27. The topological polar surface area (TPSA) is 105 Å². The number of methoxy groups -OCH3 is 1. The number of benzene rings is 2. The number of rotatable bonds is 5. The highest BCUT2D eigenvalue weighted by Crippen LogP contribution is 2.26. The second-order valence-corrected chi connectivity index (χ2v) is 9.37. The molecule has 0 bridgehead atoms. The molecular weight excluding hydrogens is 430 g/mol. The van der Waals surface area contributed by atoms with Crippen molar-refractivity contribution in [3.05, 3.63) is 64.2 Å². The van der Waals surface area contributed by atoms with E-state index in [2.05, 4.69) is 10.9 Å². The van der Waals surface area contributed by atoms with Gasteiger partial charge in [-0.1, -0.05) is 35.9 Å². The average Bonchev–Trinajstić information content (AvgIpc) is 2.76. The van der Waals surface area contributed by atoms with E-state index in [0.717, 1.165) is 11.1 Å². The quantitative estimate of drug-likeness (QED) is 0.675. The molecule has 1 heterocycles. The van der Waals surface area contributed by atoms with Crippen molar-refractivity contribution in [3.8, 4) is 5.75 Å². The number of carbonyl (C=O) groups is 2. The van der Waals surface area contributed by atoms with Gasteiger partial charge >= 0.3 is 0 Å². The molecule has 3 rings (SSSR count). The van der Waals surface area contributed by atoms with Gasteiger partial charge in [0.15, 0.2) is 0 Å². The normalized spacial score (nSPS) is 16.4. The third-order valence-corrected chi connectivity index (χ3v) is 7.00. The van der Waals surface area contributed by atoms with Gasteiger partial charge < -0.3 is 4.74 Å². The van der Waals surface area contributed by atoms with Crippen molar-refractivity contribution >= 4 is 33.4 Å². The van der Waals surface area contributed by atoms with Crippen molar-refractivity contribution in [2.24, 2.45) is 0 Å². The second-order valence-electron chi connectivity index (χ2n) is 6.72. The van der Waals surface area contributed by atoms with E-state index in [1.807, 2.05) is 24.3 Å². The van der Waals surface area contributed by atoms with Gasteiger partial charge in [0.25, 0.3) is 11.8 Å². The molecule has 2 amide bonds. The Labute approximate surface area is 180 Å². The molecule has 1 aliphatic heterocycles. The van der Waals surface area contributed by atoms with E-state index in [1.165, 1.54) is 30.5 Å². The van der Waals surface area contributed by atoms with Gasteiger partial charge in [-0.05, 0) is 42.7 Å². The van der Waals surface area contributed by atoms with Crippen molar-refractivity contribution in [1.82, 2.24) is 15.2 Å². The summed E-state index contributed by atoms with van der Waals surface area (Å²) >= 11 is 5.94. The van der Waals surface area contributed by atoms with Gasteiger partial charge in [0.1, 0.15) is 11.8 Å². The highest BCUT2D eigenvalue weighted by atomic mass is 35.5. The lowest BCUT2D eigenvalue weighted by Gasteiger charge is -2.34. The summed E-state index contributed by atoms with van der Waals surface area (Å²) in [5.74, 6) is -1.11. The van der Waals surface area contributed by atoms with Crippen molar-refractivity contribution in [2.45, 2.75) is 25.9 Å². The molecule has 2 aromatic rings. The Bertz CT molecular complexity index is 1070. The summed E-state index contributed by atoms with van der Waals surface area (Å²) in [6.07, 6.45) is 0.206. The van der Waals surface area contributed by atoms with Gasteiger partial charge in [0, 0.05) is 11.6 Å². The highest BCUT2D eigenvalue weighted by Gasteiger charge is 2.38. The zero-order chi connectivity index (χ0) is 21.9. The van der Waals surface area contributed by atoms with Crippen LogP contribution >= 0.6 is 11.6 Å². The molecule has 0 spiro atoms. The Morgan fingerprint density at radius 1 is 1.17 bits per heavy atom. The van der Waals surface area contributed by atoms with Crippen LogP contribution in [0, 0.1) is 0 Å². The molecule has 0 radical (unpaired) electrons. The number of hydrogen-bond donors (Lipinski definition) is 2. The third kappa shape index (κ3) is 4.58. The molecule has 8 nitrogen and oxygen atoms in total. The lowest BCUT2D eigenvalue weighted by Crippen LogP contribution is -2.56. The Balaban J connectivity index is 1.79. The first kappa shape index (κ1) is 22.1. The number of sulfonamides is 1. The zero-order valence-electron chi connectivity index (χ0n) is 16.5. The lowest BCUT2D eigenvalue weighted by atomic mass is 9.95. The molecule has 2 aromatic carbocycles. The minimum absolute atomic E-state index is 0.0977. The first-order chi connectivity index (χ1) is 14.3. The smallest absolute Gasteiger partial charge is 0.273 e. The van der Waals surface area contributed by atoms with E-state index in [1.54, 1.807) is 6.07 Å². The standard InChI is InChI=1S/C20H22ClN3O5S/c1-3-30(27,28)24-12-14-7-5-4-6-13(14)10-17(24)20(26)23-22-19(25)16-11-15(21)8-9-18(16)29-2/h4-9,11,17H,3,10,12H2,1-2H3,(H,22,25)(H,23,26)/t17-/m0/s1. The van der Waals surface area contributed by atoms with Crippen LogP contribution in [0.2, 0.25) is 5.02 Å². The molecule has 0 unspecified atom stereocenters. The minimum Gasteiger partial charge on any atom is -0.496 e. The van der Waals surface area contributed by atoms with Gasteiger partial charge in [0.2, 0.25) is 10.0 Å². The molecule has 10 heteroatoms. The summed E-state index contributed by atoms with van der Waals surface area (Å²) in [7, 11) is -2.23. The van der Waals surface area contributed by atoms with Gasteiger partial charge in [-0.25, -0.2) is 8.42 Å². The summed E-state index contributed by atoms with van der Waals surface area (Å²) in [6, 6.07) is 10.9. The highest BCUT2D eigenvalue weighted by molar-refractivity contribution is 7.89. The number of hydrazine groups is 1. The fourth-order valence-electron chi connectivity index (χ4n) is 3.31. The van der Waals surface area contributed by atoms with E-state index in [-0.39, 0.29) is 30.0 Å². The van der Waals surface area contributed by atoms with Gasteiger partial charge in [-0.15, -0.1) is 0 Å². The van der Waals surface area contributed by atoms with E-state index < -0.39 is 27.9 Å². The van der Waals surface area contributed by atoms with Crippen LogP contribution in [-0.2, 0) is 27.8 Å². The Hall–Kier alpha value is -2.62. The minimum atomic E-state index is -3.64. The molecule has 1 aliphatic rings. The Morgan fingerprint density at radius 2 is 1.87 bits per heavy atom. The van der Waals surface area contributed by atoms with Crippen molar-refractivity contribution < 1.29 is 22.7 Å². The van der Waals surface area contributed by atoms with Crippen molar-refractivity contribution in [2.75, 3.05) is 12.9 Å². The van der Waals surface area contributed by atoms with Crippen LogP contribution in [0.1, 0.15) is 28.4 Å². The van der Waals surface area contributed by atoms with E-state index >= 15 is 0 Å². The number of nitrogens with one attached hydrogen (secondary N) is 2. The Morgan fingerprint density at radius 3 is 2.53 bits per heavy atom. The number of hydrogen-bond acceptors (Lipinski definition) is 5. The fraction of sp³-hybridized carbons (Fsp3) is 0.300. The molecule has 2 N–H and O–H groups in total. The van der Waals surface area contributed by atoms with Crippen LogP contribution in [0.15, 0.2) is 42.5 Å². The molecule has 30 heavy (non-hydrogen) atoms. The van der Waals surface area contributed by atoms with Crippen LogP contribution in [0.5, 0.6) is 5.75 Å². The molecule has 0 saturated carbocycles. The Kier molecular flexibility index (Phi) is 6.64. The molecule has 0 saturated heterocycles. The van der Waals surface area contributed by atoms with Crippen LogP contribution in [0.4, 0.5) is 0 Å². The van der Waals surface area contributed by atoms with E-state index in [4.69, 9.17) is 16.3 Å². The second kappa shape index (κ2) is 9.03. The summed E-state index contributed by atoms with van der Waals surface area (Å²) in [5.41, 5.74) is 6.53. The largest absolute Gasteiger partial charge is 0.496 e. The van der Waals surface area contributed by atoms with Gasteiger partial charge in [-0.3, -0.25) is 20.4 Å². The number of amides is 2. The maximum absolute atomic E-state index is 12.8. The maximum Gasteiger partial charge on any atom is 0.273 e. The monoisotopic (exact) mass is 451 g/mol. The van der Waals surface area contributed by atoms with Gasteiger partial charge in [-0.2, -0.15) is 4.31 Å². The fourth-order valence-corrected chi connectivity index (χ4v) is 4.70. The van der Waals surface area contributed by atoms with Gasteiger partial charge in [0.05, 0.1) is 18.4 Å². The number of fused-ring (bicyclic) bond motifs is 1. The molecular formula is C20H22ClN3O5S. The molecule has 0 aliphatic carbocycles. The third-order valence-electron chi connectivity index (χ3n) is 4.94. The summed E-state index contributed by atoms with van der Waals surface area (Å²) in [5, 5.41) is 0.330. The van der Waals surface area contributed by atoms with Crippen molar-refractivity contribution in [3.63, 3.8) is 0 Å². The van der Waals surface area contributed by atoms with Crippen LogP contribution in [0.3, 0.4) is 0 Å².